The van der Waals surface area contributed by atoms with Gasteiger partial charge in [0, 0.05) is 13.6 Å². The number of amides is 2. The van der Waals surface area contributed by atoms with Crippen molar-refractivity contribution in [2.45, 2.75) is 39.0 Å². The Morgan fingerprint density at radius 3 is 2.63 bits per heavy atom. The van der Waals surface area contributed by atoms with Gasteiger partial charge in [0.05, 0.1) is 11.4 Å². The van der Waals surface area contributed by atoms with E-state index >= 15 is 0 Å². The van der Waals surface area contributed by atoms with Crippen LogP contribution < -0.4 is 16.2 Å². The lowest BCUT2D eigenvalue weighted by Gasteiger charge is -2.21. The van der Waals surface area contributed by atoms with Gasteiger partial charge in [0.1, 0.15) is 5.69 Å². The fourth-order valence-corrected chi connectivity index (χ4v) is 4.97. The molecule has 0 radical (unpaired) electrons. The van der Waals surface area contributed by atoms with Crippen molar-refractivity contribution in [3.8, 4) is 5.69 Å². The number of hydrogen-bond donors (Lipinski definition) is 2. The molecule has 2 aliphatic rings. The van der Waals surface area contributed by atoms with Gasteiger partial charge in [0.2, 0.25) is 0 Å². The van der Waals surface area contributed by atoms with Crippen molar-refractivity contribution >= 4 is 11.7 Å². The molecule has 2 aromatic rings. The molecule has 1 aromatic carbocycles. The zero-order valence-electron chi connectivity index (χ0n) is 16.1. The number of anilines is 1. The number of benzene rings is 1. The summed E-state index contributed by atoms with van der Waals surface area (Å²) in [6.45, 7) is 2.50. The van der Waals surface area contributed by atoms with Gasteiger partial charge in [0.25, 0.3) is 5.56 Å². The van der Waals surface area contributed by atoms with Gasteiger partial charge >= 0.3 is 6.03 Å². The average molecular weight is 368 g/mol. The molecular formula is C21H28N4O2. The van der Waals surface area contributed by atoms with E-state index in [0.717, 1.165) is 35.6 Å². The van der Waals surface area contributed by atoms with Crippen LogP contribution in [0.15, 0.2) is 35.1 Å². The molecular weight excluding hydrogens is 340 g/mol. The molecule has 3 atom stereocenters. The van der Waals surface area contributed by atoms with Crippen LogP contribution in [0.4, 0.5) is 10.5 Å². The van der Waals surface area contributed by atoms with E-state index in [1.165, 1.54) is 25.7 Å². The SMILES string of the molecule is Cc1c(NC(=O)NCCC2CC3CCC2C3)c(=O)n(-c2ccccc2)n1C. The quantitative estimate of drug-likeness (QED) is 0.849. The molecule has 1 heterocycles. The smallest absolute Gasteiger partial charge is 0.319 e. The second kappa shape index (κ2) is 7.25. The van der Waals surface area contributed by atoms with E-state index in [4.69, 9.17) is 0 Å². The lowest BCUT2D eigenvalue weighted by atomic mass is 9.86. The van der Waals surface area contributed by atoms with Crippen molar-refractivity contribution in [3.05, 3.63) is 46.4 Å². The van der Waals surface area contributed by atoms with E-state index in [9.17, 15) is 9.59 Å². The second-order valence-corrected chi connectivity index (χ2v) is 8.04. The Labute approximate surface area is 159 Å². The molecule has 2 bridgehead atoms. The molecule has 6 nitrogen and oxygen atoms in total. The molecule has 2 saturated carbocycles. The summed E-state index contributed by atoms with van der Waals surface area (Å²) in [5.41, 5.74) is 1.62. The van der Waals surface area contributed by atoms with E-state index in [0.29, 0.717) is 12.2 Å². The first-order valence-electron chi connectivity index (χ1n) is 9.93. The Morgan fingerprint density at radius 1 is 1.19 bits per heavy atom. The van der Waals surface area contributed by atoms with Gasteiger partial charge in [-0.25, -0.2) is 9.48 Å². The van der Waals surface area contributed by atoms with Gasteiger partial charge < -0.3 is 10.6 Å². The highest BCUT2D eigenvalue weighted by Gasteiger charge is 2.38. The Morgan fingerprint density at radius 2 is 1.96 bits per heavy atom. The summed E-state index contributed by atoms with van der Waals surface area (Å²) in [5.74, 6) is 2.56. The van der Waals surface area contributed by atoms with Crippen LogP contribution in [0.25, 0.3) is 5.69 Å². The van der Waals surface area contributed by atoms with Crippen LogP contribution in [0.2, 0.25) is 0 Å². The molecule has 1 aromatic heterocycles. The van der Waals surface area contributed by atoms with E-state index < -0.39 is 0 Å². The molecule has 2 fully saturated rings. The van der Waals surface area contributed by atoms with Gasteiger partial charge in [-0.05, 0) is 62.5 Å². The number of para-hydroxylation sites is 1. The summed E-state index contributed by atoms with van der Waals surface area (Å²) >= 11 is 0. The maximum Gasteiger partial charge on any atom is 0.319 e. The molecule has 27 heavy (non-hydrogen) atoms. The number of fused-ring (bicyclic) bond motifs is 2. The molecule has 3 unspecified atom stereocenters. The van der Waals surface area contributed by atoms with Crippen LogP contribution in [0.3, 0.4) is 0 Å². The van der Waals surface area contributed by atoms with Crippen molar-refractivity contribution in [1.82, 2.24) is 14.7 Å². The number of aromatic nitrogens is 2. The van der Waals surface area contributed by atoms with Gasteiger partial charge in [-0.1, -0.05) is 24.6 Å². The Kier molecular flexibility index (Phi) is 4.81. The van der Waals surface area contributed by atoms with E-state index in [1.807, 2.05) is 44.3 Å². The lowest BCUT2D eigenvalue weighted by molar-refractivity contribution is 0.249. The molecule has 0 aliphatic heterocycles. The molecule has 6 heteroatoms. The zero-order chi connectivity index (χ0) is 19.0. The van der Waals surface area contributed by atoms with Crippen LogP contribution in [0.5, 0.6) is 0 Å². The van der Waals surface area contributed by atoms with Gasteiger partial charge in [0.15, 0.2) is 0 Å². The molecule has 4 rings (SSSR count). The topological polar surface area (TPSA) is 68.1 Å². The molecule has 144 valence electrons. The summed E-state index contributed by atoms with van der Waals surface area (Å²) in [6.07, 6.45) is 6.52. The van der Waals surface area contributed by atoms with E-state index in [2.05, 4.69) is 10.6 Å². The van der Waals surface area contributed by atoms with Crippen LogP contribution in [-0.4, -0.2) is 21.9 Å². The average Bonchev–Trinajstić information content (AvgIpc) is 3.34. The van der Waals surface area contributed by atoms with Crippen molar-refractivity contribution < 1.29 is 4.79 Å². The third kappa shape index (κ3) is 3.40. The molecule has 0 spiro atoms. The maximum absolute atomic E-state index is 12.8. The number of nitrogens with zero attached hydrogens (tertiary/aromatic N) is 2. The minimum absolute atomic E-state index is 0.218. The third-order valence-corrected chi connectivity index (χ3v) is 6.48. The Balaban J connectivity index is 1.39. The number of hydrogen-bond acceptors (Lipinski definition) is 2. The number of carbonyl (C=O) groups excluding carboxylic acids is 1. The summed E-state index contributed by atoms with van der Waals surface area (Å²) in [5, 5.41) is 5.70. The first kappa shape index (κ1) is 17.9. The highest BCUT2D eigenvalue weighted by molar-refractivity contribution is 5.89. The monoisotopic (exact) mass is 368 g/mol. The normalized spacial score (nSPS) is 23.6. The number of carbonyl (C=O) groups is 1. The van der Waals surface area contributed by atoms with Gasteiger partial charge in [-0.15, -0.1) is 0 Å². The maximum atomic E-state index is 12.8. The third-order valence-electron chi connectivity index (χ3n) is 6.48. The van der Waals surface area contributed by atoms with Crippen LogP contribution in [0.1, 0.15) is 37.8 Å². The van der Waals surface area contributed by atoms with Crippen molar-refractivity contribution in [2.75, 3.05) is 11.9 Å². The zero-order valence-corrected chi connectivity index (χ0v) is 16.1. The first-order valence-corrected chi connectivity index (χ1v) is 9.93. The summed E-state index contributed by atoms with van der Waals surface area (Å²) in [4.78, 5) is 25.1. The van der Waals surface area contributed by atoms with Gasteiger partial charge in [-0.3, -0.25) is 9.48 Å². The fraction of sp³-hybridized carbons (Fsp3) is 0.524. The fourth-order valence-electron chi connectivity index (χ4n) is 4.97. The standard InChI is InChI=1S/C21H28N4O2/c1-14-19(20(26)25(24(14)2)18-6-4-3-5-7-18)23-21(27)22-11-10-17-13-15-8-9-16(17)12-15/h3-7,15-17H,8-13H2,1-2H3,(H2,22,23,27). The Bertz CT molecular complexity index is 884. The Hall–Kier alpha value is -2.50. The highest BCUT2D eigenvalue weighted by atomic mass is 16.2. The second-order valence-electron chi connectivity index (χ2n) is 8.04. The minimum Gasteiger partial charge on any atom is -0.338 e. The first-order chi connectivity index (χ1) is 13.0. The van der Waals surface area contributed by atoms with Crippen molar-refractivity contribution in [3.63, 3.8) is 0 Å². The van der Waals surface area contributed by atoms with Crippen molar-refractivity contribution in [1.29, 1.82) is 0 Å². The van der Waals surface area contributed by atoms with Crippen LogP contribution in [0, 0.1) is 24.7 Å². The van der Waals surface area contributed by atoms with Crippen LogP contribution in [-0.2, 0) is 7.05 Å². The summed E-state index contributed by atoms with van der Waals surface area (Å²) < 4.78 is 3.34. The summed E-state index contributed by atoms with van der Waals surface area (Å²) in [7, 11) is 1.82. The minimum atomic E-state index is -0.302. The molecule has 2 aliphatic carbocycles. The van der Waals surface area contributed by atoms with E-state index in [1.54, 1.807) is 9.36 Å². The number of urea groups is 1. The summed E-state index contributed by atoms with van der Waals surface area (Å²) in [6, 6.07) is 9.14. The molecule has 2 amide bonds. The molecule has 2 N–H and O–H groups in total. The van der Waals surface area contributed by atoms with Crippen molar-refractivity contribution in [2.24, 2.45) is 24.8 Å². The van der Waals surface area contributed by atoms with Gasteiger partial charge in [-0.2, -0.15) is 0 Å². The predicted molar refractivity (Wildman–Crippen MR) is 106 cm³/mol. The molecule has 0 saturated heterocycles. The highest BCUT2D eigenvalue weighted by Crippen LogP contribution is 2.49. The number of nitrogens with one attached hydrogen (secondary N) is 2. The van der Waals surface area contributed by atoms with Crippen LogP contribution >= 0.6 is 0 Å². The predicted octanol–water partition coefficient (Wildman–Crippen LogP) is 3.43. The lowest BCUT2D eigenvalue weighted by Crippen LogP contribution is -2.33. The largest absolute Gasteiger partial charge is 0.338 e. The number of rotatable bonds is 5. The van der Waals surface area contributed by atoms with E-state index in [-0.39, 0.29) is 11.6 Å².